The van der Waals surface area contributed by atoms with Crippen molar-refractivity contribution in [3.8, 4) is 0 Å². The number of allylic oxidation sites excluding steroid dienone is 1. The minimum atomic E-state index is -0.378. The summed E-state index contributed by atoms with van der Waals surface area (Å²) in [5.74, 6) is 0. The molecule has 0 saturated heterocycles. The molecular weight excluding hydrogens is 167 g/mol. The van der Waals surface area contributed by atoms with Gasteiger partial charge in [-0.05, 0) is 18.4 Å². The van der Waals surface area contributed by atoms with Gasteiger partial charge in [0.2, 0.25) is 0 Å². The second-order valence-electron chi connectivity index (χ2n) is 2.42. The molecule has 0 fully saturated rings. The maximum absolute atomic E-state index is 5.57. The Kier molecular flexibility index (Phi) is 6.25. The van der Waals surface area contributed by atoms with Gasteiger partial charge in [-0.2, -0.15) is 0 Å². The van der Waals surface area contributed by atoms with Gasteiger partial charge in [0.25, 0.3) is 0 Å². The summed E-state index contributed by atoms with van der Waals surface area (Å²) in [6.07, 6.45) is 4.58. The lowest BCUT2D eigenvalue weighted by Crippen LogP contribution is -1.91. The largest absolute Gasteiger partial charge is 0.128 e. The predicted octanol–water partition coefficient (Wildman–Crippen LogP) is 3.93. The third kappa shape index (κ3) is 5.13. The van der Waals surface area contributed by atoms with Crippen LogP contribution in [0.15, 0.2) is 12.2 Å². The lowest BCUT2D eigenvalue weighted by Gasteiger charge is -2.03. The maximum atomic E-state index is 5.57. The molecule has 60 valence electrons. The van der Waals surface area contributed by atoms with Crippen molar-refractivity contribution >= 4 is 23.2 Å². The van der Waals surface area contributed by atoms with Crippen molar-refractivity contribution in [2.24, 2.45) is 0 Å². The standard InChI is InChI=1S/C8H14Cl2/c1-3-4-5-6-7(2)8(9)10/h8H,2-6H2,1H3. The summed E-state index contributed by atoms with van der Waals surface area (Å²) in [6.45, 7) is 5.93. The molecule has 0 bridgehead atoms. The van der Waals surface area contributed by atoms with Gasteiger partial charge in [0.05, 0.1) is 0 Å². The zero-order valence-corrected chi connectivity index (χ0v) is 7.88. The van der Waals surface area contributed by atoms with Gasteiger partial charge in [-0.15, -0.1) is 23.2 Å². The molecule has 0 nitrogen and oxygen atoms in total. The van der Waals surface area contributed by atoms with Crippen LogP contribution in [-0.2, 0) is 0 Å². The molecule has 0 atom stereocenters. The van der Waals surface area contributed by atoms with Gasteiger partial charge in [-0.25, -0.2) is 0 Å². The average Bonchev–Trinajstić information content (AvgIpc) is 1.88. The highest BCUT2D eigenvalue weighted by molar-refractivity contribution is 6.46. The van der Waals surface area contributed by atoms with Gasteiger partial charge >= 0.3 is 0 Å². The highest BCUT2D eigenvalue weighted by Gasteiger charge is 2.02. The van der Waals surface area contributed by atoms with Gasteiger partial charge in [0.15, 0.2) is 0 Å². The van der Waals surface area contributed by atoms with Crippen molar-refractivity contribution in [1.29, 1.82) is 0 Å². The van der Waals surface area contributed by atoms with E-state index in [4.69, 9.17) is 23.2 Å². The average molecular weight is 181 g/mol. The normalized spacial score (nSPS) is 10.4. The monoisotopic (exact) mass is 180 g/mol. The molecule has 0 unspecified atom stereocenters. The number of unbranched alkanes of at least 4 members (excludes halogenated alkanes) is 2. The summed E-state index contributed by atoms with van der Waals surface area (Å²) >= 11 is 11.1. The van der Waals surface area contributed by atoms with Gasteiger partial charge in [0, 0.05) is 0 Å². The zero-order valence-electron chi connectivity index (χ0n) is 6.37. The van der Waals surface area contributed by atoms with E-state index in [9.17, 15) is 0 Å². The van der Waals surface area contributed by atoms with Crippen LogP contribution in [0.3, 0.4) is 0 Å². The SMILES string of the molecule is C=C(CCCCC)C(Cl)Cl. The van der Waals surface area contributed by atoms with Crippen LogP contribution in [0.2, 0.25) is 0 Å². The van der Waals surface area contributed by atoms with Crippen molar-refractivity contribution in [3.63, 3.8) is 0 Å². The first kappa shape index (κ1) is 10.3. The van der Waals surface area contributed by atoms with Gasteiger partial charge in [-0.3, -0.25) is 0 Å². The van der Waals surface area contributed by atoms with Gasteiger partial charge in [0.1, 0.15) is 4.84 Å². The second kappa shape index (κ2) is 6.06. The van der Waals surface area contributed by atoms with Crippen LogP contribution in [0.5, 0.6) is 0 Å². The summed E-state index contributed by atoms with van der Waals surface area (Å²) < 4.78 is 0. The molecule has 0 N–H and O–H groups in total. The molecule has 0 aliphatic carbocycles. The third-order valence-corrected chi connectivity index (χ3v) is 2.03. The summed E-state index contributed by atoms with van der Waals surface area (Å²) in [4.78, 5) is -0.378. The van der Waals surface area contributed by atoms with Crippen LogP contribution in [0.1, 0.15) is 32.6 Å². The molecule has 0 aromatic rings. The Labute approximate surface area is 73.2 Å². The van der Waals surface area contributed by atoms with E-state index < -0.39 is 0 Å². The van der Waals surface area contributed by atoms with Crippen molar-refractivity contribution in [2.75, 3.05) is 0 Å². The number of hydrogen-bond donors (Lipinski definition) is 0. The quantitative estimate of drug-likeness (QED) is 0.342. The Morgan fingerprint density at radius 3 is 2.40 bits per heavy atom. The first-order valence-corrected chi connectivity index (χ1v) is 4.51. The molecule has 0 aliphatic rings. The zero-order chi connectivity index (χ0) is 7.98. The molecule has 0 heterocycles. The van der Waals surface area contributed by atoms with Crippen LogP contribution in [-0.4, -0.2) is 4.84 Å². The van der Waals surface area contributed by atoms with E-state index in [1.165, 1.54) is 12.8 Å². The maximum Gasteiger partial charge on any atom is 0.128 e. The van der Waals surface area contributed by atoms with Crippen LogP contribution < -0.4 is 0 Å². The Hall–Kier alpha value is 0.320. The van der Waals surface area contributed by atoms with Crippen LogP contribution in [0.25, 0.3) is 0 Å². The molecule has 0 spiro atoms. The van der Waals surface area contributed by atoms with E-state index >= 15 is 0 Å². The van der Waals surface area contributed by atoms with Gasteiger partial charge in [-0.1, -0.05) is 26.3 Å². The molecule has 0 aromatic carbocycles. The molecule has 10 heavy (non-hydrogen) atoms. The van der Waals surface area contributed by atoms with Crippen molar-refractivity contribution in [2.45, 2.75) is 37.4 Å². The fourth-order valence-corrected chi connectivity index (χ4v) is 0.929. The van der Waals surface area contributed by atoms with Crippen molar-refractivity contribution in [3.05, 3.63) is 12.2 Å². The van der Waals surface area contributed by atoms with E-state index in [0.717, 1.165) is 18.4 Å². The Balaban J connectivity index is 3.22. The Morgan fingerprint density at radius 2 is 2.00 bits per heavy atom. The highest BCUT2D eigenvalue weighted by Crippen LogP contribution is 2.18. The van der Waals surface area contributed by atoms with Crippen LogP contribution in [0.4, 0.5) is 0 Å². The summed E-state index contributed by atoms with van der Waals surface area (Å²) in [7, 11) is 0. The molecule has 0 aromatic heterocycles. The number of halogens is 2. The topological polar surface area (TPSA) is 0 Å². The molecule has 0 saturated carbocycles. The molecule has 0 aliphatic heterocycles. The van der Waals surface area contributed by atoms with E-state index in [0.29, 0.717) is 0 Å². The Bertz CT molecular complexity index is 97.4. The molecule has 0 radical (unpaired) electrons. The number of alkyl halides is 2. The summed E-state index contributed by atoms with van der Waals surface area (Å²) in [5.41, 5.74) is 0.941. The first-order chi connectivity index (χ1) is 4.68. The van der Waals surface area contributed by atoms with Gasteiger partial charge < -0.3 is 0 Å². The van der Waals surface area contributed by atoms with Crippen molar-refractivity contribution < 1.29 is 0 Å². The van der Waals surface area contributed by atoms with Crippen LogP contribution >= 0.6 is 23.2 Å². The van der Waals surface area contributed by atoms with E-state index in [1.807, 2.05) is 0 Å². The predicted molar refractivity (Wildman–Crippen MR) is 48.8 cm³/mol. The molecule has 2 heteroatoms. The third-order valence-electron chi connectivity index (χ3n) is 1.41. The molecule has 0 rings (SSSR count). The highest BCUT2D eigenvalue weighted by atomic mass is 35.5. The number of hydrogen-bond acceptors (Lipinski definition) is 0. The number of rotatable bonds is 5. The molecular formula is C8H14Cl2. The summed E-state index contributed by atoms with van der Waals surface area (Å²) in [6, 6.07) is 0. The van der Waals surface area contributed by atoms with E-state index in [-0.39, 0.29) is 4.84 Å². The minimum Gasteiger partial charge on any atom is -0.100 e. The fraction of sp³-hybridized carbons (Fsp3) is 0.750. The van der Waals surface area contributed by atoms with Crippen LogP contribution in [0, 0.1) is 0 Å². The lowest BCUT2D eigenvalue weighted by atomic mass is 10.1. The Morgan fingerprint density at radius 1 is 1.40 bits per heavy atom. The second-order valence-corrected chi connectivity index (χ2v) is 3.51. The van der Waals surface area contributed by atoms with E-state index in [1.54, 1.807) is 0 Å². The minimum absolute atomic E-state index is 0.378. The van der Waals surface area contributed by atoms with Crippen molar-refractivity contribution in [1.82, 2.24) is 0 Å². The van der Waals surface area contributed by atoms with E-state index in [2.05, 4.69) is 13.5 Å². The summed E-state index contributed by atoms with van der Waals surface area (Å²) in [5, 5.41) is 0. The lowest BCUT2D eigenvalue weighted by molar-refractivity contribution is 0.712. The first-order valence-electron chi connectivity index (χ1n) is 3.64. The molecule has 0 amide bonds. The smallest absolute Gasteiger partial charge is 0.100 e. The fourth-order valence-electron chi connectivity index (χ4n) is 0.711.